The van der Waals surface area contributed by atoms with Gasteiger partial charge in [0.15, 0.2) is 5.78 Å². The van der Waals surface area contributed by atoms with Crippen LogP contribution in [0.2, 0.25) is 0 Å². The molecule has 0 saturated carbocycles. The molecule has 2 aromatic carbocycles. The Hall–Kier alpha value is -2.60. The number of hydrogen-bond donors (Lipinski definition) is 1. The maximum atomic E-state index is 12.6. The van der Waals surface area contributed by atoms with Gasteiger partial charge in [-0.2, -0.15) is 13.2 Å². The predicted octanol–water partition coefficient (Wildman–Crippen LogP) is 5.96. The first-order chi connectivity index (χ1) is 12.3. The molecule has 0 aliphatic heterocycles. The van der Waals surface area contributed by atoms with Crippen LogP contribution >= 0.6 is 11.3 Å². The largest absolute Gasteiger partial charge is 0.508 e. The minimum absolute atomic E-state index is 0.0127. The van der Waals surface area contributed by atoms with Gasteiger partial charge in [-0.05, 0) is 53.9 Å². The van der Waals surface area contributed by atoms with Crippen LogP contribution in [0.3, 0.4) is 0 Å². The number of aromatic hydroxyl groups is 1. The number of alkyl halides is 3. The second kappa shape index (κ2) is 7.33. The lowest BCUT2D eigenvalue weighted by Crippen LogP contribution is -2.03. The lowest BCUT2D eigenvalue weighted by atomic mass is 10.1. The number of hydrogen-bond acceptors (Lipinski definition) is 3. The van der Waals surface area contributed by atoms with Crippen molar-refractivity contribution >= 4 is 17.1 Å². The second-order valence-electron chi connectivity index (χ2n) is 5.83. The second-order valence-corrected chi connectivity index (χ2v) is 6.91. The van der Waals surface area contributed by atoms with Gasteiger partial charge < -0.3 is 5.11 Å². The molecule has 134 valence electrons. The van der Waals surface area contributed by atoms with Crippen molar-refractivity contribution in [2.45, 2.75) is 19.0 Å². The molecule has 0 atom stereocenters. The molecule has 0 unspecified atom stereocenters. The molecule has 0 aliphatic rings. The first-order valence-corrected chi connectivity index (χ1v) is 8.73. The lowest BCUT2D eigenvalue weighted by molar-refractivity contribution is -0.137. The molecule has 2 nitrogen and oxygen atoms in total. The molecule has 1 heterocycles. The highest BCUT2D eigenvalue weighted by Crippen LogP contribution is 2.33. The zero-order valence-electron chi connectivity index (χ0n) is 13.6. The SMILES string of the molecule is O=C(CCc1ccc(O)cc1)c1ccc(-c2ccc(C(F)(F)F)cc2)s1. The van der Waals surface area contributed by atoms with Gasteiger partial charge in [0.05, 0.1) is 10.4 Å². The number of phenols is 1. The fourth-order valence-electron chi connectivity index (χ4n) is 2.51. The summed E-state index contributed by atoms with van der Waals surface area (Å²) in [5.41, 5.74) is 0.916. The fraction of sp³-hybridized carbons (Fsp3) is 0.150. The predicted molar refractivity (Wildman–Crippen MR) is 95.5 cm³/mol. The first-order valence-electron chi connectivity index (χ1n) is 7.91. The molecule has 3 rings (SSSR count). The smallest absolute Gasteiger partial charge is 0.416 e. The zero-order valence-corrected chi connectivity index (χ0v) is 14.4. The van der Waals surface area contributed by atoms with E-state index < -0.39 is 11.7 Å². The highest BCUT2D eigenvalue weighted by atomic mass is 32.1. The van der Waals surface area contributed by atoms with Crippen LogP contribution in [-0.2, 0) is 12.6 Å². The average Bonchev–Trinajstić information content (AvgIpc) is 3.10. The maximum Gasteiger partial charge on any atom is 0.416 e. The highest BCUT2D eigenvalue weighted by Gasteiger charge is 2.30. The number of benzene rings is 2. The summed E-state index contributed by atoms with van der Waals surface area (Å²) in [6.07, 6.45) is -3.46. The average molecular weight is 376 g/mol. The maximum absolute atomic E-state index is 12.6. The van der Waals surface area contributed by atoms with Crippen LogP contribution in [0.5, 0.6) is 5.75 Å². The van der Waals surface area contributed by atoms with Crippen molar-refractivity contribution in [1.82, 2.24) is 0 Å². The van der Waals surface area contributed by atoms with Crippen LogP contribution in [0.1, 0.15) is 27.2 Å². The van der Waals surface area contributed by atoms with Crippen LogP contribution in [0.25, 0.3) is 10.4 Å². The molecule has 0 aliphatic carbocycles. The standard InChI is InChI=1S/C20H15F3O2S/c21-20(22,23)15-6-4-14(5-7-15)18-11-12-19(26-18)17(25)10-3-13-1-8-16(24)9-2-13/h1-2,4-9,11-12,24H,3,10H2. The van der Waals surface area contributed by atoms with Crippen molar-refractivity contribution in [3.05, 3.63) is 76.7 Å². The third-order valence-electron chi connectivity index (χ3n) is 3.95. The van der Waals surface area contributed by atoms with Crippen molar-refractivity contribution in [2.75, 3.05) is 0 Å². The normalized spacial score (nSPS) is 11.5. The van der Waals surface area contributed by atoms with E-state index in [4.69, 9.17) is 0 Å². The van der Waals surface area contributed by atoms with Crippen molar-refractivity contribution in [3.63, 3.8) is 0 Å². The van der Waals surface area contributed by atoms with Gasteiger partial charge in [0.25, 0.3) is 0 Å². The Kier molecular flexibility index (Phi) is 5.13. The van der Waals surface area contributed by atoms with E-state index >= 15 is 0 Å². The number of phenolic OH excluding ortho intramolecular Hbond substituents is 1. The Morgan fingerprint density at radius 1 is 0.923 bits per heavy atom. The summed E-state index contributed by atoms with van der Waals surface area (Å²) in [4.78, 5) is 13.7. The summed E-state index contributed by atoms with van der Waals surface area (Å²) >= 11 is 1.27. The van der Waals surface area contributed by atoms with E-state index in [0.29, 0.717) is 23.3 Å². The van der Waals surface area contributed by atoms with Gasteiger partial charge in [-0.1, -0.05) is 24.3 Å². The Morgan fingerprint density at radius 2 is 1.58 bits per heavy atom. The van der Waals surface area contributed by atoms with Gasteiger partial charge in [-0.25, -0.2) is 0 Å². The van der Waals surface area contributed by atoms with Gasteiger partial charge >= 0.3 is 6.18 Å². The molecule has 0 radical (unpaired) electrons. The number of rotatable bonds is 5. The summed E-state index contributed by atoms with van der Waals surface area (Å²) in [6, 6.07) is 15.1. The van der Waals surface area contributed by atoms with Gasteiger partial charge in [0.2, 0.25) is 0 Å². The Labute approximate surface area is 152 Å². The Morgan fingerprint density at radius 3 is 2.19 bits per heavy atom. The number of carbonyl (C=O) groups excluding carboxylic acids is 1. The molecule has 0 saturated heterocycles. The van der Waals surface area contributed by atoms with Crippen molar-refractivity contribution < 1.29 is 23.1 Å². The zero-order chi connectivity index (χ0) is 18.7. The van der Waals surface area contributed by atoms with Crippen LogP contribution in [0.15, 0.2) is 60.7 Å². The molecule has 3 aromatic rings. The van der Waals surface area contributed by atoms with Crippen LogP contribution in [0.4, 0.5) is 13.2 Å². The number of halogens is 3. The third kappa shape index (κ3) is 4.32. The number of ketones is 1. The number of thiophene rings is 1. The summed E-state index contributed by atoms with van der Waals surface area (Å²) in [5, 5.41) is 9.26. The summed E-state index contributed by atoms with van der Waals surface area (Å²) in [7, 11) is 0. The van der Waals surface area contributed by atoms with E-state index in [1.165, 1.54) is 23.5 Å². The summed E-state index contributed by atoms with van der Waals surface area (Å²) in [6.45, 7) is 0. The van der Waals surface area contributed by atoms with E-state index in [2.05, 4.69) is 0 Å². The van der Waals surface area contributed by atoms with Crippen molar-refractivity contribution in [2.24, 2.45) is 0 Å². The molecular weight excluding hydrogens is 361 g/mol. The molecular formula is C20H15F3O2S. The number of Topliss-reactive ketones (excluding diaryl/α,β-unsaturated/α-hetero) is 1. The molecule has 26 heavy (non-hydrogen) atoms. The molecule has 0 amide bonds. The van der Waals surface area contributed by atoms with E-state index in [1.807, 2.05) is 0 Å². The van der Waals surface area contributed by atoms with Crippen LogP contribution in [-0.4, -0.2) is 10.9 Å². The van der Waals surface area contributed by atoms with Crippen molar-refractivity contribution in [1.29, 1.82) is 0 Å². The monoisotopic (exact) mass is 376 g/mol. The topological polar surface area (TPSA) is 37.3 Å². The summed E-state index contributed by atoms with van der Waals surface area (Å²) < 4.78 is 37.9. The molecule has 0 spiro atoms. The van der Waals surface area contributed by atoms with E-state index in [-0.39, 0.29) is 11.5 Å². The van der Waals surface area contributed by atoms with Gasteiger partial charge in [-0.3, -0.25) is 4.79 Å². The van der Waals surface area contributed by atoms with Gasteiger partial charge in [-0.15, -0.1) is 11.3 Å². The third-order valence-corrected chi connectivity index (χ3v) is 5.13. The van der Waals surface area contributed by atoms with E-state index in [9.17, 15) is 23.1 Å². The molecule has 0 fully saturated rings. The Balaban J connectivity index is 1.67. The molecule has 0 bridgehead atoms. The van der Waals surface area contributed by atoms with E-state index in [1.54, 1.807) is 36.4 Å². The molecule has 1 N–H and O–H groups in total. The number of aryl methyl sites for hydroxylation is 1. The minimum atomic E-state index is -4.36. The Bertz CT molecular complexity index is 894. The van der Waals surface area contributed by atoms with Crippen molar-refractivity contribution in [3.8, 4) is 16.2 Å². The minimum Gasteiger partial charge on any atom is -0.508 e. The lowest BCUT2D eigenvalue weighted by Gasteiger charge is -2.06. The van der Waals surface area contributed by atoms with E-state index in [0.717, 1.165) is 22.6 Å². The van der Waals surface area contributed by atoms with Crippen LogP contribution in [0, 0.1) is 0 Å². The number of carbonyl (C=O) groups is 1. The highest BCUT2D eigenvalue weighted by molar-refractivity contribution is 7.17. The van der Waals surface area contributed by atoms with Gasteiger partial charge in [0, 0.05) is 11.3 Å². The summed E-state index contributed by atoms with van der Waals surface area (Å²) in [5.74, 6) is 0.167. The fourth-order valence-corrected chi connectivity index (χ4v) is 3.49. The van der Waals surface area contributed by atoms with Crippen LogP contribution < -0.4 is 0 Å². The van der Waals surface area contributed by atoms with Gasteiger partial charge in [0.1, 0.15) is 5.75 Å². The quantitative estimate of drug-likeness (QED) is 0.558. The first kappa shape index (κ1) is 18.2. The molecule has 6 heteroatoms. The molecule has 1 aromatic heterocycles.